The van der Waals surface area contributed by atoms with Crippen molar-refractivity contribution in [3.63, 3.8) is 0 Å². The lowest BCUT2D eigenvalue weighted by Crippen LogP contribution is -2.34. The molecule has 1 aromatic rings. The number of benzene rings is 1. The van der Waals surface area contributed by atoms with Gasteiger partial charge in [-0.25, -0.2) is 0 Å². The van der Waals surface area contributed by atoms with Crippen LogP contribution in [0.4, 0.5) is 0 Å². The zero-order valence-corrected chi connectivity index (χ0v) is 10.5. The number of hydrogen-bond acceptors (Lipinski definition) is 2. The van der Waals surface area contributed by atoms with Gasteiger partial charge in [0.25, 0.3) is 0 Å². The number of carbonyl (C=O) groups excluding carboxylic acids is 1. The molecule has 0 saturated heterocycles. The number of rotatable bonds is 3. The van der Waals surface area contributed by atoms with Crippen molar-refractivity contribution in [2.45, 2.75) is 23.5 Å². The Bertz CT molecular complexity index is 334. The lowest BCUT2D eigenvalue weighted by atomic mass is 10.2. The van der Waals surface area contributed by atoms with E-state index in [2.05, 4.69) is 15.9 Å². The first kappa shape index (κ1) is 11.6. The fourth-order valence-corrected chi connectivity index (χ4v) is 2.07. The van der Waals surface area contributed by atoms with E-state index in [0.29, 0.717) is 0 Å². The molecule has 0 atom stereocenters. The van der Waals surface area contributed by atoms with Gasteiger partial charge in [0.05, 0.1) is 4.75 Å². The number of nitrogens with two attached hydrogens (primary N) is 1. The first-order valence-electron chi connectivity index (χ1n) is 4.16. The van der Waals surface area contributed by atoms with Crippen LogP contribution in [0.3, 0.4) is 0 Å². The molecule has 0 unspecified atom stereocenters. The maximum Gasteiger partial charge on any atom is 0.233 e. The van der Waals surface area contributed by atoms with Gasteiger partial charge < -0.3 is 5.73 Å². The monoisotopic (exact) mass is 273 g/mol. The highest BCUT2D eigenvalue weighted by Crippen LogP contribution is 2.32. The molecular weight excluding hydrogens is 262 g/mol. The molecule has 0 aliphatic rings. The molecule has 1 amide bonds. The molecule has 1 rings (SSSR count). The molecule has 1 aromatic carbocycles. The second-order valence-corrected chi connectivity index (χ2v) is 6.04. The third-order valence-electron chi connectivity index (χ3n) is 1.78. The number of thioether (sulfide) groups is 1. The van der Waals surface area contributed by atoms with Crippen LogP contribution in [-0.4, -0.2) is 10.7 Å². The standard InChI is InChI=1S/C10H12BrNOS/c1-10(2,9(12)13)14-8-5-3-7(11)4-6-8/h3-6H,1-2H3,(H2,12,13). The Morgan fingerprint density at radius 2 is 1.86 bits per heavy atom. The molecule has 0 bridgehead atoms. The molecule has 0 saturated carbocycles. The largest absolute Gasteiger partial charge is 0.368 e. The van der Waals surface area contributed by atoms with E-state index in [4.69, 9.17) is 5.73 Å². The summed E-state index contributed by atoms with van der Waals surface area (Å²) in [4.78, 5) is 12.1. The molecule has 0 fully saturated rings. The minimum Gasteiger partial charge on any atom is -0.368 e. The lowest BCUT2D eigenvalue weighted by molar-refractivity contribution is -0.119. The van der Waals surface area contributed by atoms with E-state index in [0.717, 1.165) is 9.37 Å². The van der Waals surface area contributed by atoms with Gasteiger partial charge in [0.2, 0.25) is 5.91 Å². The van der Waals surface area contributed by atoms with Crippen LogP contribution in [0, 0.1) is 0 Å². The van der Waals surface area contributed by atoms with E-state index < -0.39 is 4.75 Å². The van der Waals surface area contributed by atoms with Gasteiger partial charge in [0.15, 0.2) is 0 Å². The highest BCUT2D eigenvalue weighted by atomic mass is 79.9. The van der Waals surface area contributed by atoms with E-state index >= 15 is 0 Å². The van der Waals surface area contributed by atoms with Crippen LogP contribution >= 0.6 is 27.7 Å². The van der Waals surface area contributed by atoms with E-state index in [-0.39, 0.29) is 5.91 Å². The van der Waals surface area contributed by atoms with Crippen LogP contribution in [0.25, 0.3) is 0 Å². The summed E-state index contributed by atoms with van der Waals surface area (Å²) >= 11 is 4.82. The Balaban J connectivity index is 2.79. The molecule has 2 nitrogen and oxygen atoms in total. The number of primary amides is 1. The number of amides is 1. The van der Waals surface area contributed by atoms with E-state index in [9.17, 15) is 4.79 Å². The van der Waals surface area contributed by atoms with Crippen LogP contribution < -0.4 is 5.73 Å². The van der Waals surface area contributed by atoms with Gasteiger partial charge in [-0.2, -0.15) is 0 Å². The zero-order chi connectivity index (χ0) is 10.8. The average Bonchev–Trinajstić information content (AvgIpc) is 2.08. The van der Waals surface area contributed by atoms with Crippen LogP contribution in [-0.2, 0) is 4.79 Å². The molecular formula is C10H12BrNOS. The Labute approximate surface area is 96.4 Å². The first-order chi connectivity index (χ1) is 6.42. The molecule has 0 radical (unpaired) electrons. The molecule has 0 aromatic heterocycles. The molecule has 14 heavy (non-hydrogen) atoms. The van der Waals surface area contributed by atoms with Crippen molar-refractivity contribution in [3.8, 4) is 0 Å². The summed E-state index contributed by atoms with van der Waals surface area (Å²) in [5.41, 5.74) is 5.28. The Morgan fingerprint density at radius 3 is 2.29 bits per heavy atom. The molecule has 0 aliphatic carbocycles. The highest BCUT2D eigenvalue weighted by molar-refractivity contribution is 9.10. The van der Waals surface area contributed by atoms with Crippen molar-refractivity contribution >= 4 is 33.6 Å². The predicted molar refractivity (Wildman–Crippen MR) is 63.3 cm³/mol. The quantitative estimate of drug-likeness (QED) is 0.861. The van der Waals surface area contributed by atoms with E-state index in [1.165, 1.54) is 11.8 Å². The summed E-state index contributed by atoms with van der Waals surface area (Å²) in [7, 11) is 0. The summed E-state index contributed by atoms with van der Waals surface area (Å²) in [6.07, 6.45) is 0. The SMILES string of the molecule is CC(C)(Sc1ccc(Br)cc1)C(N)=O. The van der Waals surface area contributed by atoms with Gasteiger partial charge in [-0.3, -0.25) is 4.79 Å². The summed E-state index contributed by atoms with van der Waals surface area (Å²) in [6.45, 7) is 3.64. The van der Waals surface area contributed by atoms with E-state index in [1.807, 2.05) is 38.1 Å². The minimum atomic E-state index is -0.562. The third-order valence-corrected chi connectivity index (χ3v) is 3.53. The predicted octanol–water partition coefficient (Wildman–Crippen LogP) is 2.81. The van der Waals surface area contributed by atoms with Crippen molar-refractivity contribution in [3.05, 3.63) is 28.7 Å². The Morgan fingerprint density at radius 1 is 1.36 bits per heavy atom. The summed E-state index contributed by atoms with van der Waals surface area (Å²) in [5.74, 6) is -0.301. The third kappa shape index (κ3) is 3.03. The topological polar surface area (TPSA) is 43.1 Å². The van der Waals surface area contributed by atoms with Crippen molar-refractivity contribution in [2.75, 3.05) is 0 Å². The van der Waals surface area contributed by atoms with Gasteiger partial charge >= 0.3 is 0 Å². The second-order valence-electron chi connectivity index (χ2n) is 3.43. The van der Waals surface area contributed by atoms with Gasteiger partial charge in [0.1, 0.15) is 0 Å². The molecule has 0 spiro atoms. The van der Waals surface area contributed by atoms with Gasteiger partial charge in [-0.05, 0) is 38.1 Å². The number of halogens is 1. The molecule has 2 N–H and O–H groups in total. The fraction of sp³-hybridized carbons (Fsp3) is 0.300. The number of carbonyl (C=O) groups is 1. The maximum absolute atomic E-state index is 11.1. The Hall–Kier alpha value is -0.480. The summed E-state index contributed by atoms with van der Waals surface area (Å²) in [6, 6.07) is 7.80. The van der Waals surface area contributed by atoms with Gasteiger partial charge in [-0.1, -0.05) is 15.9 Å². The Kier molecular flexibility index (Phi) is 3.61. The normalized spacial score (nSPS) is 11.4. The van der Waals surface area contributed by atoms with Crippen molar-refractivity contribution in [1.82, 2.24) is 0 Å². The van der Waals surface area contributed by atoms with E-state index in [1.54, 1.807) is 0 Å². The van der Waals surface area contributed by atoms with Crippen LogP contribution in [0.2, 0.25) is 0 Å². The maximum atomic E-state index is 11.1. The summed E-state index contributed by atoms with van der Waals surface area (Å²) in [5, 5.41) is 0. The molecule has 4 heteroatoms. The van der Waals surface area contributed by atoms with Crippen molar-refractivity contribution in [2.24, 2.45) is 5.73 Å². The molecule has 0 heterocycles. The number of hydrogen-bond donors (Lipinski definition) is 1. The molecule has 76 valence electrons. The van der Waals surface area contributed by atoms with Crippen LogP contribution in [0.15, 0.2) is 33.6 Å². The second kappa shape index (κ2) is 4.36. The summed E-state index contributed by atoms with van der Waals surface area (Å²) < 4.78 is 0.465. The fourth-order valence-electron chi connectivity index (χ4n) is 0.848. The van der Waals surface area contributed by atoms with Crippen molar-refractivity contribution < 1.29 is 4.79 Å². The molecule has 0 aliphatic heterocycles. The van der Waals surface area contributed by atoms with Crippen LogP contribution in [0.5, 0.6) is 0 Å². The lowest BCUT2D eigenvalue weighted by Gasteiger charge is -2.19. The minimum absolute atomic E-state index is 0.301. The average molecular weight is 274 g/mol. The van der Waals surface area contributed by atoms with Gasteiger partial charge in [-0.15, -0.1) is 11.8 Å². The highest BCUT2D eigenvalue weighted by Gasteiger charge is 2.25. The van der Waals surface area contributed by atoms with Crippen molar-refractivity contribution in [1.29, 1.82) is 0 Å². The first-order valence-corrected chi connectivity index (χ1v) is 5.77. The smallest absolute Gasteiger partial charge is 0.233 e. The zero-order valence-electron chi connectivity index (χ0n) is 8.08. The van der Waals surface area contributed by atoms with Crippen LogP contribution in [0.1, 0.15) is 13.8 Å². The van der Waals surface area contributed by atoms with Gasteiger partial charge in [0, 0.05) is 9.37 Å².